The molecule has 1 aromatic rings. The minimum absolute atomic E-state index is 0.130. The van der Waals surface area contributed by atoms with E-state index in [9.17, 15) is 20.0 Å². The van der Waals surface area contributed by atoms with Crippen molar-refractivity contribution in [2.24, 2.45) is 5.84 Å². The molecule has 0 saturated carbocycles. The first-order chi connectivity index (χ1) is 9.02. The number of nitro benzene ring substituents is 1. The van der Waals surface area contributed by atoms with Crippen LogP contribution in [0.1, 0.15) is 16.8 Å². The summed E-state index contributed by atoms with van der Waals surface area (Å²) >= 11 is 0. The second-order valence-corrected chi connectivity index (χ2v) is 4.33. The fourth-order valence-electron chi connectivity index (χ4n) is 2.05. The number of rotatable bonds is 3. The van der Waals surface area contributed by atoms with Crippen LogP contribution >= 0.6 is 0 Å². The zero-order valence-electron chi connectivity index (χ0n) is 10.1. The van der Waals surface area contributed by atoms with Gasteiger partial charge in [0.25, 0.3) is 11.6 Å². The van der Waals surface area contributed by atoms with Crippen LogP contribution in [0.15, 0.2) is 18.2 Å². The first-order valence-electron chi connectivity index (χ1n) is 5.75. The number of hydrogen-bond acceptors (Lipinski definition) is 6. The molecule has 2 rings (SSSR count). The monoisotopic (exact) mass is 266 g/mol. The van der Waals surface area contributed by atoms with Crippen LogP contribution in [0.4, 0.5) is 11.4 Å². The van der Waals surface area contributed by atoms with E-state index in [1.807, 2.05) is 0 Å². The lowest BCUT2D eigenvalue weighted by Crippen LogP contribution is -2.30. The first kappa shape index (κ1) is 13.2. The van der Waals surface area contributed by atoms with E-state index >= 15 is 0 Å². The van der Waals surface area contributed by atoms with Crippen LogP contribution in [0.2, 0.25) is 0 Å². The number of carbonyl (C=O) groups excluding carboxylic acids is 1. The van der Waals surface area contributed by atoms with Crippen molar-refractivity contribution in [3.63, 3.8) is 0 Å². The van der Waals surface area contributed by atoms with E-state index in [4.69, 9.17) is 5.84 Å². The van der Waals surface area contributed by atoms with Crippen LogP contribution in [0, 0.1) is 10.1 Å². The van der Waals surface area contributed by atoms with Crippen molar-refractivity contribution < 1.29 is 14.8 Å². The fourth-order valence-corrected chi connectivity index (χ4v) is 2.05. The number of likely N-dealkylation sites (tertiary alicyclic amines) is 1. The van der Waals surface area contributed by atoms with Crippen molar-refractivity contribution in [3.8, 4) is 0 Å². The van der Waals surface area contributed by atoms with E-state index in [-0.39, 0.29) is 23.7 Å². The van der Waals surface area contributed by atoms with Crippen LogP contribution < -0.4 is 11.3 Å². The van der Waals surface area contributed by atoms with Crippen LogP contribution in [-0.4, -0.2) is 40.0 Å². The lowest BCUT2D eigenvalue weighted by atomic mass is 10.1. The number of nitrogens with two attached hydrogens (primary N) is 1. The molecule has 1 aliphatic rings. The highest BCUT2D eigenvalue weighted by Crippen LogP contribution is 2.24. The van der Waals surface area contributed by atoms with E-state index < -0.39 is 11.0 Å². The molecule has 1 unspecified atom stereocenters. The van der Waals surface area contributed by atoms with Crippen LogP contribution in [0.25, 0.3) is 0 Å². The molecule has 1 amide bonds. The van der Waals surface area contributed by atoms with Crippen molar-refractivity contribution in [1.29, 1.82) is 0 Å². The Morgan fingerprint density at radius 1 is 1.58 bits per heavy atom. The number of nitrogens with one attached hydrogen (secondary N) is 1. The molecule has 1 atom stereocenters. The number of hydrazine groups is 1. The quantitative estimate of drug-likeness (QED) is 0.405. The lowest BCUT2D eigenvalue weighted by Gasteiger charge is -2.17. The number of carbonyl (C=O) groups is 1. The van der Waals surface area contributed by atoms with Gasteiger partial charge in [-0.05, 0) is 12.5 Å². The van der Waals surface area contributed by atoms with Gasteiger partial charge in [0.1, 0.15) is 0 Å². The Hall–Kier alpha value is -2.19. The smallest absolute Gasteiger partial charge is 0.270 e. The molecular weight excluding hydrogens is 252 g/mol. The van der Waals surface area contributed by atoms with Gasteiger partial charge in [0.05, 0.1) is 22.3 Å². The summed E-state index contributed by atoms with van der Waals surface area (Å²) < 4.78 is 0. The number of nitrogens with zero attached hydrogens (tertiary/aromatic N) is 2. The molecule has 1 heterocycles. The number of aliphatic hydroxyl groups excluding tert-OH is 1. The molecule has 0 aromatic heterocycles. The highest BCUT2D eigenvalue weighted by Gasteiger charge is 2.27. The zero-order valence-corrected chi connectivity index (χ0v) is 10.1. The molecule has 1 saturated heterocycles. The molecule has 102 valence electrons. The molecule has 1 aliphatic heterocycles. The number of aliphatic hydroxyl groups is 1. The second kappa shape index (κ2) is 5.21. The third kappa shape index (κ3) is 2.64. The summed E-state index contributed by atoms with van der Waals surface area (Å²) in [6.07, 6.45) is -0.0385. The molecule has 8 heteroatoms. The zero-order chi connectivity index (χ0) is 14.0. The topological polar surface area (TPSA) is 122 Å². The Morgan fingerprint density at radius 2 is 2.32 bits per heavy atom. The van der Waals surface area contributed by atoms with Gasteiger partial charge in [-0.3, -0.25) is 20.8 Å². The van der Waals surface area contributed by atoms with E-state index in [0.717, 1.165) is 0 Å². The first-order valence-corrected chi connectivity index (χ1v) is 5.75. The molecule has 4 N–H and O–H groups in total. The maximum atomic E-state index is 12.2. The predicted octanol–water partition coefficient (Wildman–Crippen LogP) is 0.0872. The third-order valence-corrected chi connectivity index (χ3v) is 3.05. The average Bonchev–Trinajstić information content (AvgIpc) is 2.83. The van der Waals surface area contributed by atoms with Gasteiger partial charge in [-0.1, -0.05) is 0 Å². The van der Waals surface area contributed by atoms with Crippen molar-refractivity contribution in [2.45, 2.75) is 12.5 Å². The molecule has 0 bridgehead atoms. The van der Waals surface area contributed by atoms with Crippen LogP contribution in [0.5, 0.6) is 0 Å². The van der Waals surface area contributed by atoms with Crippen molar-refractivity contribution >= 4 is 17.3 Å². The lowest BCUT2D eigenvalue weighted by molar-refractivity contribution is -0.384. The van der Waals surface area contributed by atoms with Gasteiger partial charge in [-0.15, -0.1) is 0 Å². The summed E-state index contributed by atoms with van der Waals surface area (Å²) in [5.41, 5.74) is 2.61. The number of non-ortho nitro benzene ring substituents is 1. The van der Waals surface area contributed by atoms with Gasteiger partial charge in [0.15, 0.2) is 0 Å². The standard InChI is InChI=1S/C11H14N4O4/c12-13-10-2-1-7(15(18)19)5-9(10)11(17)14-4-3-8(16)6-14/h1-2,5,8,13,16H,3-4,6,12H2. The molecule has 1 fully saturated rings. The van der Waals surface area contributed by atoms with Crippen molar-refractivity contribution in [1.82, 2.24) is 4.90 Å². The molecule has 19 heavy (non-hydrogen) atoms. The Balaban J connectivity index is 2.33. The van der Waals surface area contributed by atoms with Crippen molar-refractivity contribution in [2.75, 3.05) is 18.5 Å². The summed E-state index contributed by atoms with van der Waals surface area (Å²) in [6.45, 7) is 0.651. The van der Waals surface area contributed by atoms with Gasteiger partial charge in [-0.25, -0.2) is 0 Å². The fraction of sp³-hybridized carbons (Fsp3) is 0.364. The van der Waals surface area contributed by atoms with E-state index in [2.05, 4.69) is 5.43 Å². The molecular formula is C11H14N4O4. The number of benzene rings is 1. The Morgan fingerprint density at radius 3 is 2.84 bits per heavy atom. The Kier molecular flexibility index (Phi) is 3.63. The van der Waals surface area contributed by atoms with Gasteiger partial charge in [0.2, 0.25) is 0 Å². The minimum Gasteiger partial charge on any atom is -0.391 e. The predicted molar refractivity (Wildman–Crippen MR) is 67.4 cm³/mol. The summed E-state index contributed by atoms with van der Waals surface area (Å²) in [4.78, 5) is 23.9. The highest BCUT2D eigenvalue weighted by molar-refractivity contribution is 6.00. The van der Waals surface area contributed by atoms with Gasteiger partial charge >= 0.3 is 0 Å². The Bertz CT molecular complexity index is 519. The molecule has 0 radical (unpaired) electrons. The minimum atomic E-state index is -0.574. The molecule has 1 aromatic carbocycles. The van der Waals surface area contributed by atoms with Crippen LogP contribution in [0.3, 0.4) is 0 Å². The highest BCUT2D eigenvalue weighted by atomic mass is 16.6. The average molecular weight is 266 g/mol. The maximum Gasteiger partial charge on any atom is 0.270 e. The Labute approximate surface area is 108 Å². The second-order valence-electron chi connectivity index (χ2n) is 4.33. The van der Waals surface area contributed by atoms with E-state index in [1.165, 1.54) is 23.1 Å². The molecule has 8 nitrogen and oxygen atoms in total. The summed E-state index contributed by atoms with van der Waals surface area (Å²) in [5.74, 6) is 4.92. The number of amides is 1. The number of β-amino-alcohol motifs (C(OH)–C–C–N with tert-alkyl or cyclic N) is 1. The van der Waals surface area contributed by atoms with Gasteiger partial charge < -0.3 is 15.4 Å². The normalized spacial score (nSPS) is 18.4. The summed E-state index contributed by atoms with van der Waals surface area (Å²) in [5, 5.41) is 20.2. The molecule has 0 aliphatic carbocycles. The van der Waals surface area contributed by atoms with E-state index in [0.29, 0.717) is 18.7 Å². The van der Waals surface area contributed by atoms with Crippen LogP contribution in [-0.2, 0) is 0 Å². The number of anilines is 1. The largest absolute Gasteiger partial charge is 0.391 e. The van der Waals surface area contributed by atoms with Crippen molar-refractivity contribution in [3.05, 3.63) is 33.9 Å². The SMILES string of the molecule is NNc1ccc([N+](=O)[O-])cc1C(=O)N1CCC(O)C1. The number of nitrogen functional groups attached to an aromatic ring is 1. The summed E-state index contributed by atoms with van der Waals surface area (Å²) in [6, 6.07) is 3.84. The van der Waals surface area contributed by atoms with Gasteiger partial charge in [0, 0.05) is 25.2 Å². The third-order valence-electron chi connectivity index (χ3n) is 3.05. The molecule has 0 spiro atoms. The number of nitro groups is 1. The summed E-state index contributed by atoms with van der Waals surface area (Å²) in [7, 11) is 0. The maximum absolute atomic E-state index is 12.2. The number of hydrogen-bond donors (Lipinski definition) is 3. The van der Waals surface area contributed by atoms with Gasteiger partial charge in [-0.2, -0.15) is 0 Å². The van der Waals surface area contributed by atoms with E-state index in [1.54, 1.807) is 0 Å².